The van der Waals surface area contributed by atoms with Crippen LogP contribution < -0.4 is 5.56 Å². The Balaban J connectivity index is 1.59. The zero-order valence-electron chi connectivity index (χ0n) is 13.8. The summed E-state index contributed by atoms with van der Waals surface area (Å²) in [6, 6.07) is 11.3. The van der Waals surface area contributed by atoms with Crippen LogP contribution in [0.25, 0.3) is 22.1 Å². The van der Waals surface area contributed by atoms with Gasteiger partial charge in [0.2, 0.25) is 5.78 Å². The van der Waals surface area contributed by atoms with Gasteiger partial charge in [0, 0.05) is 13.1 Å². The van der Waals surface area contributed by atoms with Crippen LogP contribution in [0.3, 0.4) is 0 Å². The summed E-state index contributed by atoms with van der Waals surface area (Å²) < 4.78 is 9.06. The quantitative estimate of drug-likeness (QED) is 0.409. The predicted molar refractivity (Wildman–Crippen MR) is 98.9 cm³/mol. The summed E-state index contributed by atoms with van der Waals surface area (Å²) in [7, 11) is 1.64. The monoisotopic (exact) mass is 366 g/mol. The number of carbonyl (C=O) groups is 1. The Hall–Kier alpha value is -3.26. The van der Waals surface area contributed by atoms with E-state index < -0.39 is 5.97 Å². The molecule has 1 aromatic carbocycles. The van der Waals surface area contributed by atoms with Crippen LogP contribution in [0.15, 0.2) is 52.6 Å². The lowest BCUT2D eigenvalue weighted by Gasteiger charge is -2.05. The largest absolute Gasteiger partial charge is 0.454 e. The Morgan fingerprint density at radius 1 is 1.23 bits per heavy atom. The molecule has 0 amide bonds. The summed E-state index contributed by atoms with van der Waals surface area (Å²) in [6.07, 6.45) is 3.06. The summed E-state index contributed by atoms with van der Waals surface area (Å²) in [5, 5.41) is 9.96. The van der Waals surface area contributed by atoms with Gasteiger partial charge in [-0.25, -0.2) is 4.79 Å². The molecule has 0 aliphatic rings. The van der Waals surface area contributed by atoms with Gasteiger partial charge in [-0.1, -0.05) is 30.3 Å². The van der Waals surface area contributed by atoms with Gasteiger partial charge in [0.15, 0.2) is 12.4 Å². The minimum Gasteiger partial charge on any atom is -0.454 e. The third-order valence-electron chi connectivity index (χ3n) is 3.95. The number of thiophene rings is 1. The number of fused-ring (bicyclic) bond motifs is 3. The molecule has 0 saturated heterocycles. The molecule has 0 unspecified atom stereocenters. The average Bonchev–Trinajstić information content (AvgIpc) is 3.30. The maximum atomic E-state index is 12.3. The van der Waals surface area contributed by atoms with E-state index in [1.807, 2.05) is 41.8 Å². The maximum Gasteiger partial charge on any atom is 0.331 e. The molecule has 0 radical (unpaired) electrons. The van der Waals surface area contributed by atoms with E-state index in [4.69, 9.17) is 4.74 Å². The summed E-state index contributed by atoms with van der Waals surface area (Å²) >= 11 is 1.36. The number of carbonyl (C=O) groups excluding carboxylic acids is 1. The van der Waals surface area contributed by atoms with Crippen LogP contribution in [0, 0.1) is 0 Å². The number of rotatable bonds is 4. The van der Waals surface area contributed by atoms with Gasteiger partial charge in [-0.3, -0.25) is 13.8 Å². The maximum absolute atomic E-state index is 12.3. The highest BCUT2D eigenvalue weighted by Gasteiger charge is 2.16. The second-order valence-electron chi connectivity index (χ2n) is 5.60. The fourth-order valence-electron chi connectivity index (χ4n) is 2.66. The van der Waals surface area contributed by atoms with Gasteiger partial charge in [-0.2, -0.15) is 0 Å². The molecule has 0 aliphatic carbocycles. The summed E-state index contributed by atoms with van der Waals surface area (Å²) in [5.41, 5.74) is 1.50. The second kappa shape index (κ2) is 6.57. The van der Waals surface area contributed by atoms with E-state index in [9.17, 15) is 9.59 Å². The van der Waals surface area contributed by atoms with E-state index in [-0.39, 0.29) is 12.2 Å². The first kappa shape index (κ1) is 16.2. The molecule has 0 N–H and O–H groups in total. The fraction of sp³-hybridized carbons (Fsp3) is 0.111. The van der Waals surface area contributed by atoms with Crippen LogP contribution in [-0.4, -0.2) is 25.1 Å². The Labute approximate surface area is 151 Å². The molecule has 0 aliphatic heterocycles. The highest BCUT2D eigenvalue weighted by Crippen LogP contribution is 2.19. The van der Waals surface area contributed by atoms with Crippen molar-refractivity contribution >= 4 is 39.4 Å². The highest BCUT2D eigenvalue weighted by atomic mass is 32.1. The predicted octanol–water partition coefficient (Wildman–Crippen LogP) is 2.40. The number of esters is 1. The lowest BCUT2D eigenvalue weighted by atomic mass is 10.2. The smallest absolute Gasteiger partial charge is 0.331 e. The Kier molecular flexibility index (Phi) is 4.10. The number of aryl methyl sites for hydroxylation is 1. The molecule has 26 heavy (non-hydrogen) atoms. The fourth-order valence-corrected chi connectivity index (χ4v) is 3.51. The number of ether oxygens (including phenoxy) is 1. The standard InChI is InChI=1S/C18H14N4O3S/c1-21-17(24)16-13(9-10-26-16)22-14(19-20-18(21)22)11-25-15(23)8-7-12-5-3-2-4-6-12/h2-10H,11H2,1H3. The second-order valence-corrected chi connectivity index (χ2v) is 6.52. The molecule has 0 bridgehead atoms. The minimum absolute atomic E-state index is 0.0394. The molecule has 7 nitrogen and oxygen atoms in total. The number of hydrogen-bond acceptors (Lipinski definition) is 6. The van der Waals surface area contributed by atoms with E-state index in [0.717, 1.165) is 5.56 Å². The van der Waals surface area contributed by atoms with E-state index in [2.05, 4.69) is 10.2 Å². The van der Waals surface area contributed by atoms with Crippen molar-refractivity contribution in [1.29, 1.82) is 0 Å². The zero-order chi connectivity index (χ0) is 18.1. The first-order chi connectivity index (χ1) is 12.6. The van der Waals surface area contributed by atoms with Gasteiger partial charge < -0.3 is 4.74 Å². The summed E-state index contributed by atoms with van der Waals surface area (Å²) in [6.45, 7) is -0.0394. The lowest BCUT2D eigenvalue weighted by molar-refractivity contribution is -0.139. The first-order valence-electron chi connectivity index (χ1n) is 7.85. The number of benzene rings is 1. The summed E-state index contributed by atoms with van der Waals surface area (Å²) in [5.74, 6) is 0.393. The normalized spacial score (nSPS) is 11.6. The summed E-state index contributed by atoms with van der Waals surface area (Å²) in [4.78, 5) is 24.3. The van der Waals surface area contributed by atoms with Gasteiger partial charge in [-0.05, 0) is 23.1 Å². The molecule has 4 aromatic rings. The van der Waals surface area contributed by atoms with Crippen LogP contribution >= 0.6 is 11.3 Å². The van der Waals surface area contributed by atoms with Gasteiger partial charge in [0.1, 0.15) is 4.70 Å². The molecule has 0 atom stereocenters. The van der Waals surface area contributed by atoms with Crippen molar-refractivity contribution in [2.24, 2.45) is 7.05 Å². The van der Waals surface area contributed by atoms with Crippen molar-refractivity contribution in [3.05, 3.63) is 69.6 Å². The Bertz CT molecular complexity index is 1190. The van der Waals surface area contributed by atoms with E-state index in [1.54, 1.807) is 17.5 Å². The molecule has 0 spiro atoms. The Morgan fingerprint density at radius 3 is 2.85 bits per heavy atom. The van der Waals surface area contributed by atoms with Gasteiger partial charge in [0.25, 0.3) is 5.56 Å². The van der Waals surface area contributed by atoms with Gasteiger partial charge >= 0.3 is 5.97 Å². The third kappa shape index (κ3) is 2.80. The molecule has 0 saturated carbocycles. The van der Waals surface area contributed by atoms with E-state index in [1.165, 1.54) is 22.0 Å². The van der Waals surface area contributed by atoms with Crippen LogP contribution in [-0.2, 0) is 23.2 Å². The van der Waals surface area contributed by atoms with Crippen LogP contribution in [0.1, 0.15) is 11.4 Å². The Morgan fingerprint density at radius 2 is 2.04 bits per heavy atom. The minimum atomic E-state index is -0.475. The van der Waals surface area contributed by atoms with E-state index in [0.29, 0.717) is 21.8 Å². The van der Waals surface area contributed by atoms with Crippen molar-refractivity contribution in [3.8, 4) is 0 Å². The lowest BCUT2D eigenvalue weighted by Crippen LogP contribution is -2.19. The molecule has 3 heterocycles. The van der Waals surface area contributed by atoms with Crippen molar-refractivity contribution in [1.82, 2.24) is 19.2 Å². The topological polar surface area (TPSA) is 78.5 Å². The number of hydrogen-bond donors (Lipinski definition) is 0. The van der Waals surface area contributed by atoms with Crippen molar-refractivity contribution < 1.29 is 9.53 Å². The SMILES string of the molecule is Cn1c(=O)c2sccc2n2c(COC(=O)C=Cc3ccccc3)nnc12. The van der Waals surface area contributed by atoms with Gasteiger partial charge in [-0.15, -0.1) is 21.5 Å². The van der Waals surface area contributed by atoms with Gasteiger partial charge in [0.05, 0.1) is 5.52 Å². The molecule has 8 heteroatoms. The molecule has 130 valence electrons. The number of aromatic nitrogens is 4. The number of nitrogens with zero attached hydrogens (tertiary/aromatic N) is 4. The van der Waals surface area contributed by atoms with E-state index >= 15 is 0 Å². The van der Waals surface area contributed by atoms with Crippen LogP contribution in [0.4, 0.5) is 0 Å². The third-order valence-corrected chi connectivity index (χ3v) is 4.84. The molecular formula is C18H14N4O3S. The van der Waals surface area contributed by atoms with Crippen molar-refractivity contribution in [2.75, 3.05) is 0 Å². The van der Waals surface area contributed by atoms with Crippen molar-refractivity contribution in [3.63, 3.8) is 0 Å². The molecular weight excluding hydrogens is 352 g/mol. The van der Waals surface area contributed by atoms with Crippen molar-refractivity contribution in [2.45, 2.75) is 6.61 Å². The molecule has 4 rings (SSSR count). The molecule has 0 fully saturated rings. The van der Waals surface area contributed by atoms with Crippen LogP contribution in [0.5, 0.6) is 0 Å². The average molecular weight is 366 g/mol. The van der Waals surface area contributed by atoms with Crippen LogP contribution in [0.2, 0.25) is 0 Å². The zero-order valence-corrected chi connectivity index (χ0v) is 14.6. The highest BCUT2D eigenvalue weighted by molar-refractivity contribution is 7.17. The first-order valence-corrected chi connectivity index (χ1v) is 8.73. The molecule has 3 aromatic heterocycles.